The lowest BCUT2D eigenvalue weighted by Gasteiger charge is -2.23. The van der Waals surface area contributed by atoms with E-state index >= 15 is 0 Å². The first-order valence-electron chi connectivity index (χ1n) is 4.05. The molecule has 0 aromatic heterocycles. The zero-order valence-electron chi connectivity index (χ0n) is 8.28. The molecular formula is C9H21Si. The maximum absolute atomic E-state index is 2.46. The molecule has 0 N–H and O–H groups in total. The summed E-state index contributed by atoms with van der Waals surface area (Å²) in [5.74, 6) is 0. The Hall–Kier alpha value is 0.217. The van der Waals surface area contributed by atoms with Gasteiger partial charge >= 0.3 is 0 Å². The van der Waals surface area contributed by atoms with Gasteiger partial charge < -0.3 is 0 Å². The van der Waals surface area contributed by atoms with Crippen LogP contribution >= 0.6 is 0 Å². The minimum Gasteiger partial charge on any atom is -0.0695 e. The maximum Gasteiger partial charge on any atom is 0.0445 e. The van der Waals surface area contributed by atoms with Crippen molar-refractivity contribution in [1.29, 1.82) is 0 Å². The van der Waals surface area contributed by atoms with Crippen molar-refractivity contribution >= 4 is 8.07 Å². The summed E-state index contributed by atoms with van der Waals surface area (Å²) >= 11 is 0. The lowest BCUT2D eigenvalue weighted by atomic mass is 9.94. The largest absolute Gasteiger partial charge is 0.0695 e. The molecule has 0 unspecified atom stereocenters. The Morgan fingerprint density at radius 1 is 1.10 bits per heavy atom. The summed E-state index contributed by atoms with van der Waals surface area (Å²) in [5.41, 5.74) is 0.417. The van der Waals surface area contributed by atoms with Crippen LogP contribution in [0.2, 0.25) is 25.7 Å². The molecule has 0 saturated heterocycles. The van der Waals surface area contributed by atoms with Gasteiger partial charge in [0.2, 0.25) is 0 Å². The fraction of sp³-hybridized carbons (Fsp3) is 0.889. The van der Waals surface area contributed by atoms with Crippen LogP contribution in [0.4, 0.5) is 0 Å². The highest BCUT2D eigenvalue weighted by Crippen LogP contribution is 2.24. The van der Waals surface area contributed by atoms with Crippen molar-refractivity contribution in [1.82, 2.24) is 0 Å². The Balaban J connectivity index is 3.56. The molecule has 0 aromatic rings. The number of hydrogen-bond acceptors (Lipinski definition) is 0. The molecule has 0 fully saturated rings. The van der Waals surface area contributed by atoms with E-state index in [9.17, 15) is 0 Å². The van der Waals surface area contributed by atoms with Crippen molar-refractivity contribution in [2.75, 3.05) is 0 Å². The van der Waals surface area contributed by atoms with E-state index < -0.39 is 8.07 Å². The maximum atomic E-state index is 2.46. The van der Waals surface area contributed by atoms with Gasteiger partial charge in [-0.2, -0.15) is 0 Å². The van der Waals surface area contributed by atoms with Gasteiger partial charge in [-0.3, -0.25) is 0 Å². The van der Waals surface area contributed by atoms with E-state index in [1.54, 1.807) is 0 Å². The molecule has 61 valence electrons. The number of hydrogen-bond donors (Lipinski definition) is 0. The van der Waals surface area contributed by atoms with Crippen LogP contribution in [0, 0.1) is 11.8 Å². The summed E-state index contributed by atoms with van der Waals surface area (Å²) in [6.07, 6.45) is 2.46. The van der Waals surface area contributed by atoms with Gasteiger partial charge in [0.25, 0.3) is 0 Å². The van der Waals surface area contributed by atoms with Crippen molar-refractivity contribution in [3.8, 4) is 0 Å². The first-order chi connectivity index (χ1) is 4.21. The summed E-state index contributed by atoms with van der Waals surface area (Å²) < 4.78 is 0. The Kier molecular flexibility index (Phi) is 3.15. The fourth-order valence-electron chi connectivity index (χ4n) is 0.612. The van der Waals surface area contributed by atoms with Crippen molar-refractivity contribution < 1.29 is 0 Å². The Morgan fingerprint density at radius 3 is 1.60 bits per heavy atom. The third kappa shape index (κ3) is 8.22. The minimum atomic E-state index is -0.823. The first-order valence-corrected chi connectivity index (χ1v) is 7.76. The second-order valence-electron chi connectivity index (χ2n) is 5.33. The van der Waals surface area contributed by atoms with Crippen molar-refractivity contribution in [3.05, 3.63) is 6.42 Å². The van der Waals surface area contributed by atoms with Crippen molar-refractivity contribution in [2.45, 2.75) is 46.5 Å². The van der Waals surface area contributed by atoms with Crippen LogP contribution in [-0.4, -0.2) is 8.07 Å². The van der Waals surface area contributed by atoms with Crippen molar-refractivity contribution in [2.24, 2.45) is 5.41 Å². The average molecular weight is 157 g/mol. The topological polar surface area (TPSA) is 0 Å². The van der Waals surface area contributed by atoms with Gasteiger partial charge in [0, 0.05) is 8.07 Å². The van der Waals surface area contributed by atoms with Gasteiger partial charge in [0.05, 0.1) is 0 Å². The number of rotatable bonds is 2. The van der Waals surface area contributed by atoms with E-state index in [1.807, 2.05) is 0 Å². The van der Waals surface area contributed by atoms with E-state index in [2.05, 4.69) is 46.8 Å². The molecule has 0 rings (SSSR count). The van der Waals surface area contributed by atoms with Crippen LogP contribution in [0.15, 0.2) is 0 Å². The van der Waals surface area contributed by atoms with Gasteiger partial charge in [-0.05, 0) is 11.8 Å². The van der Waals surface area contributed by atoms with Crippen molar-refractivity contribution in [3.63, 3.8) is 0 Å². The molecular weight excluding hydrogens is 136 g/mol. The summed E-state index contributed by atoms with van der Waals surface area (Å²) in [6, 6.07) is 1.34. The highest BCUT2D eigenvalue weighted by Gasteiger charge is 2.18. The molecule has 0 heterocycles. The molecule has 0 aliphatic rings. The molecule has 0 saturated carbocycles. The predicted octanol–water partition coefficient (Wildman–Crippen LogP) is 3.57. The van der Waals surface area contributed by atoms with Crippen LogP contribution in [0.1, 0.15) is 20.8 Å². The molecule has 0 aromatic carbocycles. The average Bonchev–Trinajstić information content (AvgIpc) is 1.57. The van der Waals surface area contributed by atoms with Crippen LogP contribution in [0.3, 0.4) is 0 Å². The summed E-state index contributed by atoms with van der Waals surface area (Å²) in [4.78, 5) is 0. The van der Waals surface area contributed by atoms with Gasteiger partial charge in [-0.15, -0.1) is 0 Å². The Labute approximate surface area is 67.0 Å². The van der Waals surface area contributed by atoms with Crippen LogP contribution in [-0.2, 0) is 0 Å². The molecule has 0 aliphatic carbocycles. The zero-order valence-corrected chi connectivity index (χ0v) is 9.28. The third-order valence-electron chi connectivity index (χ3n) is 1.33. The molecule has 1 heteroatoms. The molecule has 0 atom stereocenters. The third-order valence-corrected chi connectivity index (χ3v) is 2.76. The molecule has 10 heavy (non-hydrogen) atoms. The predicted molar refractivity (Wildman–Crippen MR) is 51.9 cm³/mol. The molecule has 0 spiro atoms. The highest BCUT2D eigenvalue weighted by atomic mass is 28.3. The standard InChI is InChI=1S/C9H21Si/c1-9(2,3)7-8-10(4,5)6/h7H,8H2,1-6H3. The van der Waals surface area contributed by atoms with Gasteiger partial charge in [-0.25, -0.2) is 0 Å². The molecule has 0 aliphatic heterocycles. The van der Waals surface area contributed by atoms with E-state index in [1.165, 1.54) is 6.04 Å². The molecule has 0 amide bonds. The Morgan fingerprint density at radius 2 is 1.50 bits per heavy atom. The second-order valence-corrected chi connectivity index (χ2v) is 10.9. The van der Waals surface area contributed by atoms with Gasteiger partial charge in [-0.1, -0.05) is 46.5 Å². The van der Waals surface area contributed by atoms with E-state index in [-0.39, 0.29) is 0 Å². The smallest absolute Gasteiger partial charge is 0.0445 e. The Bertz CT molecular complexity index is 78.3. The monoisotopic (exact) mass is 157 g/mol. The van der Waals surface area contributed by atoms with E-state index in [4.69, 9.17) is 0 Å². The summed E-state index contributed by atoms with van der Waals surface area (Å²) in [5, 5.41) is 0. The molecule has 1 radical (unpaired) electrons. The van der Waals surface area contributed by atoms with E-state index in [0.717, 1.165) is 0 Å². The molecule has 0 nitrogen and oxygen atoms in total. The van der Waals surface area contributed by atoms with Crippen LogP contribution in [0.25, 0.3) is 0 Å². The molecule has 0 bridgehead atoms. The summed E-state index contributed by atoms with van der Waals surface area (Å²) in [7, 11) is -0.823. The normalized spacial score (nSPS) is 13.8. The first kappa shape index (κ1) is 10.2. The lowest BCUT2D eigenvalue weighted by Crippen LogP contribution is -2.22. The van der Waals surface area contributed by atoms with Gasteiger partial charge in [0.1, 0.15) is 0 Å². The van der Waals surface area contributed by atoms with Crippen LogP contribution < -0.4 is 0 Å². The highest BCUT2D eigenvalue weighted by molar-refractivity contribution is 6.76. The van der Waals surface area contributed by atoms with Crippen LogP contribution in [0.5, 0.6) is 0 Å². The quantitative estimate of drug-likeness (QED) is 0.538. The SMILES string of the molecule is CC(C)(C)[CH]C[Si](C)(C)C. The minimum absolute atomic E-state index is 0.417. The van der Waals surface area contributed by atoms with E-state index in [0.29, 0.717) is 5.41 Å². The zero-order chi connectivity index (χ0) is 8.41. The lowest BCUT2D eigenvalue weighted by molar-refractivity contribution is 0.494. The second kappa shape index (κ2) is 3.08. The van der Waals surface area contributed by atoms with Gasteiger partial charge in [0.15, 0.2) is 0 Å². The fourth-order valence-corrected chi connectivity index (χ4v) is 1.84. The summed E-state index contributed by atoms with van der Waals surface area (Å²) in [6.45, 7) is 14.0.